The molecule has 2 N–H and O–H groups in total. The Kier molecular flexibility index (Phi) is 4.12. The van der Waals surface area contributed by atoms with E-state index >= 15 is 0 Å². The third-order valence-electron chi connectivity index (χ3n) is 4.82. The molecule has 142 valence electrons. The smallest absolute Gasteiger partial charge is 0.372 e. The molecule has 7 nitrogen and oxygen atoms in total. The van der Waals surface area contributed by atoms with Crippen molar-refractivity contribution in [3.05, 3.63) is 34.8 Å². The van der Waals surface area contributed by atoms with E-state index in [0.29, 0.717) is 12.2 Å². The van der Waals surface area contributed by atoms with Gasteiger partial charge in [-0.15, -0.1) is 0 Å². The molecule has 10 heteroatoms. The third-order valence-corrected chi connectivity index (χ3v) is 4.82. The molecule has 1 aliphatic heterocycles. The minimum Gasteiger partial charge on any atom is -0.372 e. The molecule has 0 spiro atoms. The van der Waals surface area contributed by atoms with Crippen LogP contribution in [0.4, 0.5) is 30.6 Å². The molecule has 0 amide bonds. The van der Waals surface area contributed by atoms with E-state index in [-0.39, 0.29) is 17.8 Å². The van der Waals surface area contributed by atoms with E-state index in [1.165, 1.54) is 18.2 Å². The van der Waals surface area contributed by atoms with E-state index in [0.717, 1.165) is 24.7 Å². The van der Waals surface area contributed by atoms with Crippen LogP contribution < -0.4 is 10.6 Å². The van der Waals surface area contributed by atoms with Crippen LogP contribution in [0.15, 0.2) is 28.5 Å². The monoisotopic (exact) mass is 377 g/mol. The highest BCUT2D eigenvalue weighted by atomic mass is 19.4. The van der Waals surface area contributed by atoms with E-state index in [1.807, 2.05) is 24.0 Å². The summed E-state index contributed by atoms with van der Waals surface area (Å²) < 4.78 is 40.8. The van der Waals surface area contributed by atoms with Gasteiger partial charge >= 0.3 is 6.18 Å². The molecule has 0 bridgehead atoms. The first kappa shape index (κ1) is 17.5. The Morgan fingerprint density at radius 2 is 2.11 bits per heavy atom. The van der Waals surface area contributed by atoms with E-state index in [9.17, 15) is 13.2 Å². The van der Waals surface area contributed by atoms with Crippen molar-refractivity contribution in [1.82, 2.24) is 19.7 Å². The Hall–Kier alpha value is -2.91. The molecule has 0 saturated carbocycles. The van der Waals surface area contributed by atoms with Crippen molar-refractivity contribution in [3.8, 4) is 0 Å². The Bertz CT molecular complexity index is 942. The Labute approximate surface area is 153 Å². The second kappa shape index (κ2) is 6.36. The molecule has 3 heterocycles. The van der Waals surface area contributed by atoms with E-state index in [4.69, 9.17) is 0 Å². The summed E-state index contributed by atoms with van der Waals surface area (Å²) in [5, 5.41) is 10.00. The van der Waals surface area contributed by atoms with Crippen LogP contribution in [0.5, 0.6) is 0 Å². The molecule has 1 aliphatic carbocycles. The minimum atomic E-state index is -4.52. The number of hydrogen-bond acceptors (Lipinski definition) is 6. The van der Waals surface area contributed by atoms with Crippen molar-refractivity contribution in [1.29, 1.82) is 0 Å². The lowest BCUT2D eigenvalue weighted by Gasteiger charge is -2.13. The van der Waals surface area contributed by atoms with E-state index < -0.39 is 11.7 Å². The maximum Gasteiger partial charge on any atom is 0.421 e. The van der Waals surface area contributed by atoms with Gasteiger partial charge in [0.05, 0.1) is 24.0 Å². The van der Waals surface area contributed by atoms with Crippen molar-refractivity contribution >= 4 is 23.7 Å². The first-order chi connectivity index (χ1) is 12.9. The molecule has 2 aliphatic rings. The van der Waals surface area contributed by atoms with Gasteiger partial charge in [0.2, 0.25) is 5.95 Å². The molecular formula is C17H18F3N7. The van der Waals surface area contributed by atoms with Crippen molar-refractivity contribution in [2.45, 2.75) is 32.0 Å². The Balaban J connectivity index is 1.58. The number of allylic oxidation sites excluding steroid dienone is 1. The van der Waals surface area contributed by atoms with Crippen LogP contribution in [0.3, 0.4) is 0 Å². The average Bonchev–Trinajstić information content (AvgIpc) is 3.30. The quantitative estimate of drug-likeness (QED) is 0.853. The number of aliphatic imine (C=N–C) groups is 1. The van der Waals surface area contributed by atoms with Gasteiger partial charge in [0, 0.05) is 25.7 Å². The van der Waals surface area contributed by atoms with Crippen molar-refractivity contribution < 1.29 is 13.2 Å². The zero-order chi connectivity index (χ0) is 19.2. The van der Waals surface area contributed by atoms with Gasteiger partial charge in [-0.05, 0) is 30.9 Å². The average molecular weight is 377 g/mol. The number of nitrogens with zero attached hydrogens (tertiary/aromatic N) is 5. The maximum atomic E-state index is 13.0. The summed E-state index contributed by atoms with van der Waals surface area (Å²) in [5.41, 5.74) is 3.04. The molecule has 0 aromatic carbocycles. The first-order valence-electron chi connectivity index (χ1n) is 8.53. The fraction of sp³-hybridized carbons (Fsp3) is 0.412. The molecule has 1 atom stereocenters. The summed E-state index contributed by atoms with van der Waals surface area (Å²) in [6.07, 6.45) is 1.98. The second-order valence-electron chi connectivity index (χ2n) is 6.51. The number of aryl methyl sites for hydroxylation is 1. The van der Waals surface area contributed by atoms with Gasteiger partial charge in [0.15, 0.2) is 0 Å². The van der Waals surface area contributed by atoms with Gasteiger partial charge in [-0.25, -0.2) is 4.98 Å². The molecule has 1 unspecified atom stereocenters. The number of hydrogen-bond donors (Lipinski definition) is 2. The molecule has 0 fully saturated rings. The van der Waals surface area contributed by atoms with Crippen LogP contribution in [0.1, 0.15) is 30.1 Å². The number of halogens is 3. The lowest BCUT2D eigenvalue weighted by molar-refractivity contribution is -0.137. The zero-order valence-electron chi connectivity index (χ0n) is 14.8. The predicted molar refractivity (Wildman–Crippen MR) is 95.5 cm³/mol. The summed E-state index contributed by atoms with van der Waals surface area (Å²) in [5.74, 6) is -0.204. The molecule has 4 rings (SSSR count). The van der Waals surface area contributed by atoms with E-state index in [2.05, 4.69) is 30.7 Å². The highest BCUT2D eigenvalue weighted by molar-refractivity contribution is 5.83. The second-order valence-corrected chi connectivity index (χ2v) is 6.51. The Morgan fingerprint density at radius 1 is 1.30 bits per heavy atom. The summed E-state index contributed by atoms with van der Waals surface area (Å²) >= 11 is 0. The molecule has 0 radical (unpaired) electrons. The molecule has 2 aromatic rings. The number of rotatable bonds is 4. The number of anilines is 3. The molecular weight excluding hydrogens is 359 g/mol. The predicted octanol–water partition coefficient (Wildman–Crippen LogP) is 3.50. The molecule has 27 heavy (non-hydrogen) atoms. The summed E-state index contributed by atoms with van der Waals surface area (Å²) in [6, 6.07) is 0.165. The fourth-order valence-corrected chi connectivity index (χ4v) is 3.47. The van der Waals surface area contributed by atoms with Gasteiger partial charge in [0.1, 0.15) is 11.4 Å². The highest BCUT2D eigenvalue weighted by Gasteiger charge is 2.35. The third kappa shape index (κ3) is 3.15. The van der Waals surface area contributed by atoms with Crippen molar-refractivity contribution in [2.24, 2.45) is 4.99 Å². The highest BCUT2D eigenvalue weighted by Crippen LogP contribution is 2.38. The van der Waals surface area contributed by atoms with E-state index in [1.54, 1.807) is 0 Å². The van der Waals surface area contributed by atoms with Gasteiger partial charge < -0.3 is 10.6 Å². The lowest BCUT2D eigenvalue weighted by Crippen LogP contribution is -2.12. The first-order valence-corrected chi connectivity index (χ1v) is 8.53. The normalized spacial score (nSPS) is 18.9. The minimum absolute atomic E-state index is 0.0746. The van der Waals surface area contributed by atoms with Crippen molar-refractivity contribution in [2.75, 3.05) is 24.2 Å². The largest absolute Gasteiger partial charge is 0.421 e. The molecule has 2 aromatic heterocycles. The van der Waals surface area contributed by atoms with Crippen LogP contribution in [-0.2, 0) is 6.18 Å². The maximum absolute atomic E-state index is 13.0. The van der Waals surface area contributed by atoms with Crippen LogP contribution in [-0.4, -0.2) is 39.6 Å². The standard InChI is InChI=1S/C17H18F3N7/c1-9-13(8-27(26-9)14-4-3-10-5-22-6-11(10)14)24-16-23-7-12(17(18,19)20)15(21-2)25-16/h5,7-8,14H,3-4,6H2,1-2H3,(H2,21,23,24,25). The van der Waals surface area contributed by atoms with Crippen molar-refractivity contribution in [3.63, 3.8) is 0 Å². The number of nitrogens with one attached hydrogen (secondary N) is 2. The van der Waals surface area contributed by atoms with Crippen LogP contribution >= 0.6 is 0 Å². The summed E-state index contributed by atoms with van der Waals surface area (Å²) in [6.45, 7) is 2.53. The van der Waals surface area contributed by atoms with Gasteiger partial charge in [-0.1, -0.05) is 0 Å². The number of aromatic nitrogens is 4. The van der Waals surface area contributed by atoms with Gasteiger partial charge in [-0.3, -0.25) is 9.67 Å². The topological polar surface area (TPSA) is 80.0 Å². The van der Waals surface area contributed by atoms with Gasteiger partial charge in [0.25, 0.3) is 0 Å². The summed E-state index contributed by atoms with van der Waals surface area (Å²) in [4.78, 5) is 12.0. The summed E-state index contributed by atoms with van der Waals surface area (Å²) in [7, 11) is 1.39. The van der Waals surface area contributed by atoms with Gasteiger partial charge in [-0.2, -0.15) is 23.3 Å². The zero-order valence-corrected chi connectivity index (χ0v) is 14.8. The number of alkyl halides is 3. The lowest BCUT2D eigenvalue weighted by atomic mass is 10.1. The van der Waals surface area contributed by atoms with Crippen LogP contribution in [0.25, 0.3) is 0 Å². The van der Waals surface area contributed by atoms with Crippen LogP contribution in [0.2, 0.25) is 0 Å². The SMILES string of the molecule is CNc1nc(Nc2cn(C3CCC4=C3CN=C4)nc2C)ncc1C(F)(F)F. The molecule has 0 saturated heterocycles. The fourth-order valence-electron chi connectivity index (χ4n) is 3.47. The Morgan fingerprint density at radius 3 is 2.85 bits per heavy atom. The van der Waals surface area contributed by atoms with Crippen LogP contribution in [0, 0.1) is 6.92 Å².